The van der Waals surface area contributed by atoms with Gasteiger partial charge in [0.05, 0.1) is 10.6 Å². The van der Waals surface area contributed by atoms with Crippen LogP contribution in [0.2, 0.25) is 5.02 Å². The first-order valence-corrected chi connectivity index (χ1v) is 9.57. The average molecular weight is 431 g/mol. The van der Waals surface area contributed by atoms with Gasteiger partial charge in [0.15, 0.2) is 5.82 Å². The Balaban J connectivity index is 1.79. The van der Waals surface area contributed by atoms with Crippen molar-refractivity contribution < 1.29 is 18.7 Å². The molecule has 0 aliphatic carbocycles. The third-order valence-corrected chi connectivity index (χ3v) is 5.36. The summed E-state index contributed by atoms with van der Waals surface area (Å²) in [5.41, 5.74) is -0.627. The summed E-state index contributed by atoms with van der Waals surface area (Å²) in [6, 6.07) is 5.05. The van der Waals surface area contributed by atoms with E-state index >= 15 is 4.39 Å². The molecule has 30 heavy (non-hydrogen) atoms. The van der Waals surface area contributed by atoms with Crippen LogP contribution in [0, 0.1) is 11.6 Å². The Morgan fingerprint density at radius 3 is 2.87 bits per heavy atom. The van der Waals surface area contributed by atoms with E-state index in [1.54, 1.807) is 0 Å². The number of halogens is 3. The summed E-state index contributed by atoms with van der Waals surface area (Å²) in [4.78, 5) is 21.7. The maximum atomic E-state index is 15.4. The van der Waals surface area contributed by atoms with Crippen molar-refractivity contribution in [1.82, 2.24) is 15.3 Å². The molecule has 1 saturated heterocycles. The smallest absolute Gasteiger partial charge is 0.243 e. The lowest BCUT2D eigenvalue weighted by atomic mass is 10.0. The maximum absolute atomic E-state index is 15.4. The lowest BCUT2D eigenvalue weighted by Gasteiger charge is -2.20. The summed E-state index contributed by atoms with van der Waals surface area (Å²) in [5, 5.41) is 13.2. The van der Waals surface area contributed by atoms with Gasteiger partial charge in [0, 0.05) is 30.1 Å². The summed E-state index contributed by atoms with van der Waals surface area (Å²) < 4.78 is 29.7. The van der Waals surface area contributed by atoms with E-state index in [0.29, 0.717) is 30.7 Å². The number of nitrogens with one attached hydrogen (secondary N) is 1. The van der Waals surface area contributed by atoms with Crippen LogP contribution in [0.1, 0.15) is 6.42 Å². The van der Waals surface area contributed by atoms with Crippen LogP contribution >= 0.6 is 11.6 Å². The van der Waals surface area contributed by atoms with E-state index < -0.39 is 17.4 Å². The van der Waals surface area contributed by atoms with Crippen molar-refractivity contribution in [1.29, 1.82) is 0 Å². The number of rotatable bonds is 4. The fourth-order valence-corrected chi connectivity index (χ4v) is 3.97. The zero-order valence-electron chi connectivity index (χ0n) is 15.7. The minimum Gasteiger partial charge on any atom is -0.507 e. The van der Waals surface area contributed by atoms with E-state index in [1.165, 1.54) is 30.6 Å². The fourth-order valence-electron chi connectivity index (χ4n) is 3.69. The number of hydrogen-bond donors (Lipinski definition) is 2. The molecule has 1 fully saturated rings. The number of carbonyl (C=O) groups is 1. The number of aromatic hydroxyl groups is 1. The highest BCUT2D eigenvalue weighted by molar-refractivity contribution is 6.34. The van der Waals surface area contributed by atoms with Gasteiger partial charge in [-0.2, -0.15) is 0 Å². The second-order valence-corrected chi connectivity index (χ2v) is 7.33. The second kappa shape index (κ2) is 7.87. The van der Waals surface area contributed by atoms with Crippen molar-refractivity contribution in [2.75, 3.05) is 18.0 Å². The molecule has 3 aromatic rings. The molecule has 1 atom stereocenters. The first-order chi connectivity index (χ1) is 14.4. The number of aromatic nitrogens is 2. The Bertz CT molecular complexity index is 1150. The SMILES string of the molecule is C=CC(=O)NC1CCN(c2ncnc3c(F)c(-c4c(O)cccc4F)c(Cl)cc23)C1. The number of hydrogen-bond acceptors (Lipinski definition) is 5. The molecule has 2 heterocycles. The third-order valence-electron chi connectivity index (χ3n) is 5.06. The van der Waals surface area contributed by atoms with Gasteiger partial charge in [0.2, 0.25) is 5.91 Å². The minimum absolute atomic E-state index is 0.0411. The Hall–Kier alpha value is -3.26. The lowest BCUT2D eigenvalue weighted by Crippen LogP contribution is -2.36. The number of phenolic OH excluding ortho intramolecular Hbond substituents is 1. The number of carbonyl (C=O) groups excluding carboxylic acids is 1. The molecule has 1 unspecified atom stereocenters. The first kappa shape index (κ1) is 20.0. The molecule has 1 amide bonds. The van der Waals surface area contributed by atoms with Crippen molar-refractivity contribution in [3.63, 3.8) is 0 Å². The van der Waals surface area contributed by atoms with Crippen LogP contribution in [0.15, 0.2) is 43.2 Å². The quantitative estimate of drug-likeness (QED) is 0.615. The monoisotopic (exact) mass is 430 g/mol. The molecule has 1 aliphatic rings. The van der Waals surface area contributed by atoms with Gasteiger partial charge in [-0.3, -0.25) is 4.79 Å². The van der Waals surface area contributed by atoms with Crippen molar-refractivity contribution >= 4 is 34.2 Å². The number of nitrogens with zero attached hydrogens (tertiary/aromatic N) is 3. The van der Waals surface area contributed by atoms with Crippen molar-refractivity contribution in [3.8, 4) is 16.9 Å². The molecule has 0 bridgehead atoms. The van der Waals surface area contributed by atoms with Gasteiger partial charge in [-0.1, -0.05) is 24.2 Å². The normalized spacial score (nSPS) is 16.1. The molecular weight excluding hydrogens is 414 g/mol. The van der Waals surface area contributed by atoms with E-state index in [9.17, 15) is 14.3 Å². The molecule has 0 radical (unpaired) electrons. The molecule has 1 aliphatic heterocycles. The zero-order valence-corrected chi connectivity index (χ0v) is 16.5. The molecule has 2 N–H and O–H groups in total. The predicted molar refractivity (Wildman–Crippen MR) is 111 cm³/mol. The summed E-state index contributed by atoms with van der Waals surface area (Å²) in [7, 11) is 0. The van der Waals surface area contributed by atoms with Gasteiger partial charge in [-0.25, -0.2) is 18.7 Å². The summed E-state index contributed by atoms with van der Waals surface area (Å²) >= 11 is 6.32. The summed E-state index contributed by atoms with van der Waals surface area (Å²) in [5.74, 6) is -1.88. The van der Waals surface area contributed by atoms with Crippen LogP contribution in [0.3, 0.4) is 0 Å². The van der Waals surface area contributed by atoms with Crippen LogP contribution in [0.25, 0.3) is 22.0 Å². The molecule has 2 aromatic carbocycles. The standard InChI is InChI=1S/C21H17ClF2N4O2/c1-2-16(30)27-11-6-7-28(9-11)21-12-8-13(22)17(19(24)20(12)25-10-26-21)18-14(23)4-3-5-15(18)29/h2-5,8,10-11,29H,1,6-7,9H2,(H,27,30). The van der Waals surface area contributed by atoms with Crippen LogP contribution in [-0.2, 0) is 4.79 Å². The largest absolute Gasteiger partial charge is 0.507 e. The zero-order chi connectivity index (χ0) is 21.4. The van der Waals surface area contributed by atoms with Gasteiger partial charge in [-0.05, 0) is 30.7 Å². The number of amides is 1. The van der Waals surface area contributed by atoms with Crippen LogP contribution in [0.5, 0.6) is 5.75 Å². The van der Waals surface area contributed by atoms with Crippen LogP contribution in [-0.4, -0.2) is 40.1 Å². The Morgan fingerprint density at radius 2 is 2.13 bits per heavy atom. The lowest BCUT2D eigenvalue weighted by molar-refractivity contribution is -0.117. The third kappa shape index (κ3) is 3.43. The number of fused-ring (bicyclic) bond motifs is 1. The maximum Gasteiger partial charge on any atom is 0.243 e. The summed E-state index contributed by atoms with van der Waals surface area (Å²) in [6.45, 7) is 4.50. The number of phenols is 1. The van der Waals surface area contributed by atoms with Crippen molar-refractivity contribution in [2.24, 2.45) is 0 Å². The van der Waals surface area contributed by atoms with E-state index in [0.717, 1.165) is 6.07 Å². The predicted octanol–water partition coefficient (Wildman–Crippen LogP) is 3.81. The van der Waals surface area contributed by atoms with E-state index in [2.05, 4.69) is 21.9 Å². The molecule has 6 nitrogen and oxygen atoms in total. The highest BCUT2D eigenvalue weighted by atomic mass is 35.5. The Kier molecular flexibility index (Phi) is 5.26. The average Bonchev–Trinajstić information content (AvgIpc) is 3.17. The number of benzene rings is 2. The van der Waals surface area contributed by atoms with Gasteiger partial charge < -0.3 is 15.3 Å². The van der Waals surface area contributed by atoms with Crippen molar-refractivity contribution in [2.45, 2.75) is 12.5 Å². The highest BCUT2D eigenvalue weighted by Gasteiger charge is 2.28. The molecule has 1 aromatic heterocycles. The van der Waals surface area contributed by atoms with Gasteiger partial charge in [-0.15, -0.1) is 0 Å². The van der Waals surface area contributed by atoms with Crippen LogP contribution in [0.4, 0.5) is 14.6 Å². The molecule has 0 saturated carbocycles. The topological polar surface area (TPSA) is 78.4 Å². The van der Waals surface area contributed by atoms with E-state index in [1.807, 2.05) is 4.90 Å². The molecule has 154 valence electrons. The van der Waals surface area contributed by atoms with E-state index in [-0.39, 0.29) is 33.6 Å². The molecule has 0 spiro atoms. The molecule has 9 heteroatoms. The minimum atomic E-state index is -0.850. The summed E-state index contributed by atoms with van der Waals surface area (Å²) in [6.07, 6.45) is 3.11. The second-order valence-electron chi connectivity index (χ2n) is 6.92. The Morgan fingerprint density at radius 1 is 1.33 bits per heavy atom. The fraction of sp³-hybridized carbons (Fsp3) is 0.190. The van der Waals surface area contributed by atoms with E-state index in [4.69, 9.17) is 11.6 Å². The van der Waals surface area contributed by atoms with Gasteiger partial charge >= 0.3 is 0 Å². The Labute approximate surface area is 175 Å². The highest BCUT2D eigenvalue weighted by Crippen LogP contribution is 2.42. The van der Waals surface area contributed by atoms with Gasteiger partial charge in [0.1, 0.15) is 29.2 Å². The first-order valence-electron chi connectivity index (χ1n) is 9.19. The molecule has 4 rings (SSSR count). The van der Waals surface area contributed by atoms with Crippen LogP contribution < -0.4 is 10.2 Å². The van der Waals surface area contributed by atoms with Gasteiger partial charge in [0.25, 0.3) is 0 Å². The number of anilines is 1. The van der Waals surface area contributed by atoms with Crippen molar-refractivity contribution in [3.05, 3.63) is 59.9 Å². The molecular formula is C21H17ClF2N4O2.